The van der Waals surface area contributed by atoms with E-state index >= 15 is 0 Å². The molecule has 1 fully saturated rings. The Balaban J connectivity index is 2.19. The van der Waals surface area contributed by atoms with Gasteiger partial charge in [-0.3, -0.25) is 14.6 Å². The number of carboxylic acids is 1. The van der Waals surface area contributed by atoms with Crippen molar-refractivity contribution in [1.82, 2.24) is 5.01 Å². The molecule has 0 spiro atoms. The lowest BCUT2D eigenvalue weighted by Crippen LogP contribution is -2.51. The number of halogens is 2. The number of hydrogen-bond acceptors (Lipinski definition) is 4. The maximum absolute atomic E-state index is 12.5. The number of nitrogens with zero attached hydrogens (tertiary/aromatic N) is 1. The van der Waals surface area contributed by atoms with Gasteiger partial charge in [0.05, 0.1) is 15.6 Å². The molecule has 1 aromatic carbocycles. The van der Waals surface area contributed by atoms with E-state index in [-0.39, 0.29) is 33.7 Å². The van der Waals surface area contributed by atoms with Gasteiger partial charge >= 0.3 is 5.97 Å². The highest BCUT2D eigenvalue weighted by atomic mass is 35.5. The van der Waals surface area contributed by atoms with Gasteiger partial charge in [0.1, 0.15) is 5.78 Å². The second-order valence-corrected chi connectivity index (χ2v) is 6.63. The van der Waals surface area contributed by atoms with Crippen LogP contribution in [0.4, 0.5) is 0 Å². The summed E-state index contributed by atoms with van der Waals surface area (Å²) in [7, 11) is 0. The third-order valence-electron chi connectivity index (χ3n) is 4.24. The maximum Gasteiger partial charge on any atom is 0.328 e. The summed E-state index contributed by atoms with van der Waals surface area (Å²) in [5, 5.41) is 10.0. The molecule has 1 saturated carbocycles. The highest BCUT2D eigenvalue weighted by Crippen LogP contribution is 2.28. The van der Waals surface area contributed by atoms with E-state index in [1.807, 2.05) is 0 Å². The van der Waals surface area contributed by atoms with Crippen LogP contribution in [0, 0.1) is 5.92 Å². The SMILES string of the molecule is NN(C(=O)c1c(Cl)cccc1Cl)[C@@H](CC(=O)C1CCCC1)C(=O)O. The van der Waals surface area contributed by atoms with E-state index in [0.717, 1.165) is 25.7 Å². The van der Waals surface area contributed by atoms with Gasteiger partial charge in [-0.25, -0.2) is 10.6 Å². The van der Waals surface area contributed by atoms with Crippen molar-refractivity contribution >= 4 is 40.9 Å². The normalized spacial score (nSPS) is 16.0. The molecule has 1 aromatic rings. The van der Waals surface area contributed by atoms with Crippen molar-refractivity contribution in [3.05, 3.63) is 33.8 Å². The molecule has 0 aliphatic heterocycles. The zero-order chi connectivity index (χ0) is 17.9. The first kappa shape index (κ1) is 18.7. The predicted octanol–water partition coefficient (Wildman–Crippen LogP) is 2.91. The van der Waals surface area contributed by atoms with E-state index in [1.165, 1.54) is 12.1 Å². The van der Waals surface area contributed by atoms with E-state index in [4.69, 9.17) is 29.0 Å². The summed E-state index contributed by atoms with van der Waals surface area (Å²) in [6, 6.07) is 3.00. The molecule has 130 valence electrons. The maximum atomic E-state index is 12.5. The number of rotatable bonds is 6. The largest absolute Gasteiger partial charge is 0.480 e. The van der Waals surface area contributed by atoms with Gasteiger partial charge in [0.2, 0.25) is 0 Å². The number of carboxylic acid groups (broad SMARTS) is 1. The van der Waals surface area contributed by atoms with Crippen molar-refractivity contribution in [3.8, 4) is 0 Å². The second-order valence-electron chi connectivity index (χ2n) is 5.81. The van der Waals surface area contributed by atoms with Crippen molar-refractivity contribution in [2.45, 2.75) is 38.1 Å². The first-order valence-corrected chi connectivity index (χ1v) is 8.36. The molecule has 8 heteroatoms. The molecule has 0 aromatic heterocycles. The molecule has 6 nitrogen and oxygen atoms in total. The van der Waals surface area contributed by atoms with Crippen LogP contribution in [0.2, 0.25) is 10.0 Å². The number of carbonyl (C=O) groups excluding carboxylic acids is 2. The summed E-state index contributed by atoms with van der Waals surface area (Å²) in [5.74, 6) is 3.19. The molecule has 1 amide bonds. The van der Waals surface area contributed by atoms with Crippen molar-refractivity contribution in [2.75, 3.05) is 0 Å². The zero-order valence-corrected chi connectivity index (χ0v) is 14.4. The molecule has 0 saturated heterocycles. The van der Waals surface area contributed by atoms with E-state index in [0.29, 0.717) is 5.01 Å². The van der Waals surface area contributed by atoms with Crippen LogP contribution in [0.5, 0.6) is 0 Å². The van der Waals surface area contributed by atoms with E-state index < -0.39 is 17.9 Å². The van der Waals surface area contributed by atoms with Crippen LogP contribution in [0.1, 0.15) is 42.5 Å². The lowest BCUT2D eigenvalue weighted by Gasteiger charge is -2.25. The lowest BCUT2D eigenvalue weighted by molar-refractivity contribution is -0.145. The van der Waals surface area contributed by atoms with Crippen molar-refractivity contribution in [3.63, 3.8) is 0 Å². The van der Waals surface area contributed by atoms with Gasteiger partial charge in [0, 0.05) is 12.3 Å². The Labute approximate surface area is 149 Å². The summed E-state index contributed by atoms with van der Waals surface area (Å²) in [6.07, 6.45) is 3.08. The van der Waals surface area contributed by atoms with Crippen molar-refractivity contribution in [1.29, 1.82) is 0 Å². The average molecular weight is 373 g/mol. The molecule has 24 heavy (non-hydrogen) atoms. The van der Waals surface area contributed by atoms with Gasteiger partial charge in [-0.2, -0.15) is 0 Å². The minimum Gasteiger partial charge on any atom is -0.480 e. The minimum atomic E-state index is -1.46. The Morgan fingerprint density at radius 3 is 2.25 bits per heavy atom. The van der Waals surface area contributed by atoms with Gasteiger partial charge < -0.3 is 5.11 Å². The summed E-state index contributed by atoms with van der Waals surface area (Å²) >= 11 is 11.9. The molecule has 0 radical (unpaired) electrons. The smallest absolute Gasteiger partial charge is 0.328 e. The van der Waals surface area contributed by atoms with E-state index in [2.05, 4.69) is 0 Å². The fourth-order valence-corrected chi connectivity index (χ4v) is 3.44. The Bertz CT molecular complexity index is 639. The quantitative estimate of drug-likeness (QED) is 0.454. The topological polar surface area (TPSA) is 101 Å². The number of hydrogen-bond donors (Lipinski definition) is 2. The second kappa shape index (κ2) is 7.96. The Morgan fingerprint density at radius 2 is 1.75 bits per heavy atom. The van der Waals surface area contributed by atoms with Crippen LogP contribution in [0.15, 0.2) is 18.2 Å². The van der Waals surface area contributed by atoms with Gasteiger partial charge in [-0.1, -0.05) is 42.1 Å². The third kappa shape index (κ3) is 4.06. The van der Waals surface area contributed by atoms with Crippen LogP contribution < -0.4 is 5.84 Å². The minimum absolute atomic E-state index is 0.0641. The molecule has 3 N–H and O–H groups in total. The molecule has 1 atom stereocenters. The van der Waals surface area contributed by atoms with Gasteiger partial charge in [-0.15, -0.1) is 0 Å². The predicted molar refractivity (Wildman–Crippen MR) is 89.8 cm³/mol. The Morgan fingerprint density at radius 1 is 1.21 bits per heavy atom. The number of aliphatic carboxylic acids is 1. The first-order valence-electron chi connectivity index (χ1n) is 7.60. The zero-order valence-electron chi connectivity index (χ0n) is 12.9. The van der Waals surface area contributed by atoms with Crippen molar-refractivity contribution in [2.24, 2.45) is 11.8 Å². The number of benzene rings is 1. The number of Topliss-reactive ketones (excluding diaryl/α,β-unsaturated/α-hetero) is 1. The molecule has 2 rings (SSSR count). The van der Waals surface area contributed by atoms with Crippen LogP contribution in [-0.2, 0) is 9.59 Å². The van der Waals surface area contributed by atoms with Crippen molar-refractivity contribution < 1.29 is 19.5 Å². The third-order valence-corrected chi connectivity index (χ3v) is 4.87. The average Bonchev–Trinajstić information content (AvgIpc) is 3.05. The van der Waals surface area contributed by atoms with E-state index in [9.17, 15) is 19.5 Å². The molecule has 1 aliphatic rings. The standard InChI is InChI=1S/C16H18Cl2N2O4/c17-10-6-3-7-11(18)14(10)15(22)20(19)12(16(23)24)8-13(21)9-4-1-2-5-9/h3,6-7,9,12H,1-2,4-5,8,19H2,(H,23,24)/t12-/m0/s1. The van der Waals surface area contributed by atoms with Gasteiger partial charge in [0.15, 0.2) is 6.04 Å². The number of amides is 1. The summed E-state index contributed by atoms with van der Waals surface area (Å²) < 4.78 is 0. The fraction of sp³-hybridized carbons (Fsp3) is 0.438. The van der Waals surface area contributed by atoms with Crippen LogP contribution >= 0.6 is 23.2 Å². The highest BCUT2D eigenvalue weighted by Gasteiger charge is 2.34. The number of hydrazine groups is 1. The lowest BCUT2D eigenvalue weighted by atomic mass is 9.96. The van der Waals surface area contributed by atoms with Gasteiger partial charge in [0.25, 0.3) is 5.91 Å². The monoisotopic (exact) mass is 372 g/mol. The first-order chi connectivity index (χ1) is 11.3. The van der Waals surface area contributed by atoms with E-state index in [1.54, 1.807) is 6.07 Å². The molecular formula is C16H18Cl2N2O4. The summed E-state index contributed by atoms with van der Waals surface area (Å²) in [5.41, 5.74) is -0.0806. The number of nitrogens with two attached hydrogens (primary N) is 1. The number of carbonyl (C=O) groups is 3. The Kier molecular flexibility index (Phi) is 6.21. The molecule has 0 bridgehead atoms. The fourth-order valence-electron chi connectivity index (χ4n) is 2.88. The Hall–Kier alpha value is -1.63. The van der Waals surface area contributed by atoms with Crippen LogP contribution in [0.3, 0.4) is 0 Å². The molecule has 1 aliphatic carbocycles. The van der Waals surface area contributed by atoms with Crippen LogP contribution in [0.25, 0.3) is 0 Å². The molecule has 0 heterocycles. The number of ketones is 1. The highest BCUT2D eigenvalue weighted by molar-refractivity contribution is 6.39. The molecule has 0 unspecified atom stereocenters. The summed E-state index contributed by atoms with van der Waals surface area (Å²) in [4.78, 5) is 36.2. The summed E-state index contributed by atoms with van der Waals surface area (Å²) in [6.45, 7) is 0. The van der Waals surface area contributed by atoms with Gasteiger partial charge in [-0.05, 0) is 25.0 Å². The molecular weight excluding hydrogens is 355 g/mol. The van der Waals surface area contributed by atoms with Crippen LogP contribution in [-0.4, -0.2) is 33.8 Å².